The van der Waals surface area contributed by atoms with E-state index in [0.717, 1.165) is 12.1 Å². The Morgan fingerprint density at radius 3 is 2.27 bits per heavy atom. The number of amides is 3. The summed E-state index contributed by atoms with van der Waals surface area (Å²) in [4.78, 5) is 28.9. The Kier molecular flexibility index (Phi) is 6.98. The second-order valence-corrected chi connectivity index (χ2v) is 8.76. The lowest BCUT2D eigenvalue weighted by atomic mass is 9.93. The third kappa shape index (κ3) is 6.24. The van der Waals surface area contributed by atoms with Crippen LogP contribution >= 0.6 is 0 Å². The van der Waals surface area contributed by atoms with Crippen molar-refractivity contribution in [1.82, 2.24) is 9.80 Å². The van der Waals surface area contributed by atoms with Gasteiger partial charge in [-0.05, 0) is 42.2 Å². The first-order chi connectivity index (χ1) is 14.3. The first-order valence-corrected chi connectivity index (χ1v) is 10.4. The molecule has 1 heterocycles. The van der Waals surface area contributed by atoms with Gasteiger partial charge in [0.15, 0.2) is 0 Å². The van der Waals surface area contributed by atoms with Crippen molar-refractivity contribution in [2.45, 2.75) is 27.2 Å². The number of anilines is 1. The van der Waals surface area contributed by atoms with E-state index in [1.54, 1.807) is 15.9 Å². The summed E-state index contributed by atoms with van der Waals surface area (Å²) in [6, 6.07) is 16.6. The van der Waals surface area contributed by atoms with Crippen molar-refractivity contribution in [1.29, 1.82) is 0 Å². The van der Waals surface area contributed by atoms with E-state index >= 15 is 0 Å². The van der Waals surface area contributed by atoms with Crippen molar-refractivity contribution >= 4 is 17.6 Å². The zero-order valence-electron chi connectivity index (χ0n) is 18.1. The van der Waals surface area contributed by atoms with Gasteiger partial charge in [-0.25, -0.2) is 4.79 Å². The van der Waals surface area contributed by atoms with Gasteiger partial charge >= 0.3 is 6.03 Å². The zero-order valence-corrected chi connectivity index (χ0v) is 18.1. The first kappa shape index (κ1) is 21.7. The molecular weight excluding hydrogens is 378 g/mol. The number of carbonyl (C=O) groups is 2. The van der Waals surface area contributed by atoms with Gasteiger partial charge in [0.1, 0.15) is 5.75 Å². The highest BCUT2D eigenvalue weighted by molar-refractivity contribution is 5.95. The Balaban J connectivity index is 1.51. The summed E-state index contributed by atoms with van der Waals surface area (Å²) < 4.78 is 5.83. The molecule has 2 aromatic carbocycles. The van der Waals surface area contributed by atoms with E-state index < -0.39 is 0 Å². The zero-order chi connectivity index (χ0) is 21.6. The van der Waals surface area contributed by atoms with Gasteiger partial charge in [0, 0.05) is 37.4 Å². The molecule has 1 aliphatic rings. The lowest BCUT2D eigenvalue weighted by molar-refractivity contribution is 0.0671. The van der Waals surface area contributed by atoms with E-state index in [-0.39, 0.29) is 17.4 Å². The molecule has 0 atom stereocenters. The Labute approximate surface area is 178 Å². The molecule has 6 nitrogen and oxygen atoms in total. The number of carbonyl (C=O) groups excluding carboxylic acids is 2. The molecule has 2 aromatic rings. The maximum Gasteiger partial charge on any atom is 0.321 e. The largest absolute Gasteiger partial charge is 0.494 e. The van der Waals surface area contributed by atoms with Gasteiger partial charge < -0.3 is 19.9 Å². The normalized spacial score (nSPS) is 14.4. The van der Waals surface area contributed by atoms with E-state index in [4.69, 9.17) is 4.74 Å². The van der Waals surface area contributed by atoms with E-state index in [0.29, 0.717) is 44.1 Å². The fraction of sp³-hybridized carbons (Fsp3) is 0.417. The number of rotatable bonds is 5. The molecule has 0 saturated carbocycles. The van der Waals surface area contributed by atoms with Gasteiger partial charge in [0.05, 0.1) is 6.61 Å². The van der Waals surface area contributed by atoms with Crippen molar-refractivity contribution in [2.75, 3.05) is 38.1 Å². The minimum absolute atomic E-state index is 0.0283. The molecule has 30 heavy (non-hydrogen) atoms. The lowest BCUT2D eigenvalue weighted by Crippen LogP contribution is -2.51. The standard InChI is InChI=1S/C24H31N3O3/c1-24(2,3)12-17-30-21-11-7-8-19(18-21)22(28)26-13-15-27(16-14-26)23(29)25-20-9-5-4-6-10-20/h4-11,18H,12-17H2,1-3H3,(H,25,29). The number of nitrogens with one attached hydrogen (secondary N) is 1. The van der Waals surface area contributed by atoms with Gasteiger partial charge in [-0.15, -0.1) is 0 Å². The minimum Gasteiger partial charge on any atom is -0.494 e. The maximum atomic E-state index is 12.9. The van der Waals surface area contributed by atoms with Crippen LogP contribution in [0.3, 0.4) is 0 Å². The summed E-state index contributed by atoms with van der Waals surface area (Å²) in [5.41, 5.74) is 1.59. The first-order valence-electron chi connectivity index (χ1n) is 10.4. The van der Waals surface area contributed by atoms with Gasteiger partial charge in [-0.3, -0.25) is 4.79 Å². The van der Waals surface area contributed by atoms with Crippen LogP contribution in [0.25, 0.3) is 0 Å². The molecule has 0 aromatic heterocycles. The lowest BCUT2D eigenvalue weighted by Gasteiger charge is -2.34. The molecule has 1 saturated heterocycles. The molecule has 0 spiro atoms. The molecule has 3 amide bonds. The number of benzene rings is 2. The Morgan fingerprint density at radius 2 is 1.60 bits per heavy atom. The number of nitrogens with zero attached hydrogens (tertiary/aromatic N) is 2. The topological polar surface area (TPSA) is 61.9 Å². The molecule has 0 radical (unpaired) electrons. The van der Waals surface area contributed by atoms with Crippen molar-refractivity contribution in [3.8, 4) is 5.75 Å². The van der Waals surface area contributed by atoms with E-state index in [1.165, 1.54) is 0 Å². The van der Waals surface area contributed by atoms with E-state index in [9.17, 15) is 9.59 Å². The predicted octanol–water partition coefficient (Wildman–Crippen LogP) is 4.49. The molecule has 0 unspecified atom stereocenters. The van der Waals surface area contributed by atoms with Crippen molar-refractivity contribution in [3.05, 3.63) is 60.2 Å². The Hall–Kier alpha value is -3.02. The molecule has 6 heteroatoms. The summed E-state index contributed by atoms with van der Waals surface area (Å²) >= 11 is 0. The highest BCUT2D eigenvalue weighted by Gasteiger charge is 2.25. The van der Waals surface area contributed by atoms with Gasteiger partial charge in [-0.2, -0.15) is 0 Å². The van der Waals surface area contributed by atoms with Gasteiger partial charge in [0.2, 0.25) is 0 Å². The fourth-order valence-corrected chi connectivity index (χ4v) is 3.21. The number of ether oxygens (including phenoxy) is 1. The number of hydrogen-bond donors (Lipinski definition) is 1. The van der Waals surface area contributed by atoms with Crippen LogP contribution in [0, 0.1) is 5.41 Å². The Morgan fingerprint density at radius 1 is 0.933 bits per heavy atom. The van der Waals surface area contributed by atoms with Gasteiger partial charge in [0.25, 0.3) is 5.91 Å². The monoisotopic (exact) mass is 409 g/mol. The molecule has 1 fully saturated rings. The van der Waals surface area contributed by atoms with E-state index in [2.05, 4.69) is 26.1 Å². The summed E-state index contributed by atoms with van der Waals surface area (Å²) in [7, 11) is 0. The second-order valence-electron chi connectivity index (χ2n) is 8.76. The van der Waals surface area contributed by atoms with Gasteiger partial charge in [-0.1, -0.05) is 45.0 Å². The van der Waals surface area contributed by atoms with Crippen LogP contribution in [0.1, 0.15) is 37.6 Å². The third-order valence-corrected chi connectivity index (χ3v) is 5.08. The minimum atomic E-state index is -0.137. The third-order valence-electron chi connectivity index (χ3n) is 5.08. The van der Waals surface area contributed by atoms with Crippen LogP contribution < -0.4 is 10.1 Å². The quantitative estimate of drug-likeness (QED) is 0.791. The number of urea groups is 1. The van der Waals surface area contributed by atoms with Crippen molar-refractivity contribution < 1.29 is 14.3 Å². The molecule has 160 valence electrons. The highest BCUT2D eigenvalue weighted by atomic mass is 16.5. The van der Waals surface area contributed by atoms with Crippen LogP contribution in [-0.4, -0.2) is 54.5 Å². The highest BCUT2D eigenvalue weighted by Crippen LogP contribution is 2.21. The summed E-state index contributed by atoms with van der Waals surface area (Å²) in [6.45, 7) is 9.18. The predicted molar refractivity (Wildman–Crippen MR) is 119 cm³/mol. The average molecular weight is 410 g/mol. The summed E-state index contributed by atoms with van der Waals surface area (Å²) in [5.74, 6) is 0.686. The molecule has 3 rings (SSSR count). The van der Waals surface area contributed by atoms with Crippen LogP contribution in [0.5, 0.6) is 5.75 Å². The molecule has 1 N–H and O–H groups in total. The fourth-order valence-electron chi connectivity index (χ4n) is 3.21. The molecule has 0 bridgehead atoms. The molecule has 0 aliphatic carbocycles. The van der Waals surface area contributed by atoms with Crippen molar-refractivity contribution in [2.24, 2.45) is 5.41 Å². The smallest absolute Gasteiger partial charge is 0.321 e. The maximum absolute atomic E-state index is 12.9. The Bertz CT molecular complexity index is 853. The molecule has 1 aliphatic heterocycles. The number of hydrogen-bond acceptors (Lipinski definition) is 3. The van der Waals surface area contributed by atoms with Crippen LogP contribution in [0.2, 0.25) is 0 Å². The molecular formula is C24H31N3O3. The second kappa shape index (κ2) is 9.65. The van der Waals surface area contributed by atoms with Crippen molar-refractivity contribution in [3.63, 3.8) is 0 Å². The van der Waals surface area contributed by atoms with E-state index in [1.807, 2.05) is 48.5 Å². The van der Waals surface area contributed by atoms with Crippen LogP contribution in [0.15, 0.2) is 54.6 Å². The average Bonchev–Trinajstić information content (AvgIpc) is 2.73. The summed E-state index contributed by atoms with van der Waals surface area (Å²) in [5, 5.41) is 2.89. The number of para-hydroxylation sites is 1. The van der Waals surface area contributed by atoms with Crippen LogP contribution in [0.4, 0.5) is 10.5 Å². The summed E-state index contributed by atoms with van der Waals surface area (Å²) in [6.07, 6.45) is 0.943. The SMILES string of the molecule is CC(C)(C)CCOc1cccc(C(=O)N2CCN(C(=O)Nc3ccccc3)CC2)c1. The number of piperazine rings is 1. The van der Waals surface area contributed by atoms with Crippen LogP contribution in [-0.2, 0) is 0 Å².